The molecule has 3 heterocycles. The van der Waals surface area contributed by atoms with Crippen LogP contribution in [0.4, 0.5) is 0 Å². The topological polar surface area (TPSA) is 69.0 Å². The lowest BCUT2D eigenvalue weighted by Crippen LogP contribution is -2.24. The molecule has 1 amide bonds. The van der Waals surface area contributed by atoms with Gasteiger partial charge in [0.25, 0.3) is 5.91 Å². The number of thioether (sulfide) groups is 1. The number of carbonyl (C=O) groups excluding carboxylic acids is 1. The number of hydrogen-bond donors (Lipinski definition) is 1. The number of thiophene rings is 1. The summed E-state index contributed by atoms with van der Waals surface area (Å²) < 4.78 is 7.83. The van der Waals surface area contributed by atoms with E-state index in [2.05, 4.69) is 32.2 Å². The smallest absolute Gasteiger partial charge is 0.261 e. The zero-order chi connectivity index (χ0) is 20.1. The van der Waals surface area contributed by atoms with Gasteiger partial charge in [-0.15, -0.1) is 21.5 Å². The summed E-state index contributed by atoms with van der Waals surface area (Å²) in [5.74, 6) is 1.55. The molecule has 0 radical (unpaired) electrons. The van der Waals surface area contributed by atoms with Crippen LogP contribution in [0.1, 0.15) is 38.8 Å². The van der Waals surface area contributed by atoms with Crippen molar-refractivity contribution in [2.45, 2.75) is 44.1 Å². The summed E-state index contributed by atoms with van der Waals surface area (Å²) in [4.78, 5) is 14.3. The van der Waals surface area contributed by atoms with E-state index in [0.717, 1.165) is 41.1 Å². The van der Waals surface area contributed by atoms with Crippen molar-refractivity contribution in [2.24, 2.45) is 0 Å². The van der Waals surface area contributed by atoms with E-state index in [-0.39, 0.29) is 12.0 Å². The summed E-state index contributed by atoms with van der Waals surface area (Å²) in [6.45, 7) is 3.86. The van der Waals surface area contributed by atoms with Gasteiger partial charge in [0.05, 0.1) is 24.1 Å². The summed E-state index contributed by atoms with van der Waals surface area (Å²) in [5, 5.41) is 12.6. The maximum absolute atomic E-state index is 12.4. The normalized spacial score (nSPS) is 16.2. The minimum Gasteiger partial charge on any atom is -0.377 e. The Labute approximate surface area is 178 Å². The Morgan fingerprint density at radius 2 is 2.14 bits per heavy atom. The van der Waals surface area contributed by atoms with Crippen LogP contribution < -0.4 is 5.32 Å². The number of hydrogen-bond acceptors (Lipinski definition) is 6. The predicted molar refractivity (Wildman–Crippen MR) is 115 cm³/mol. The molecule has 1 N–H and O–H groups in total. The fraction of sp³-hybridized carbons (Fsp3) is 0.381. The number of nitrogens with one attached hydrogen (secondary N) is 1. The number of ether oxygens (including phenoxy) is 1. The van der Waals surface area contributed by atoms with Gasteiger partial charge in [-0.1, -0.05) is 42.1 Å². The molecule has 1 saturated heterocycles. The number of aryl methyl sites for hydroxylation is 1. The molecule has 1 aliphatic heterocycles. The molecule has 1 atom stereocenters. The third kappa shape index (κ3) is 5.26. The van der Waals surface area contributed by atoms with Gasteiger partial charge in [0.1, 0.15) is 0 Å². The predicted octanol–water partition coefficient (Wildman–Crippen LogP) is 3.90. The number of rotatable bonds is 8. The lowest BCUT2D eigenvalue weighted by molar-refractivity contribution is 0.0953. The molecule has 3 aromatic rings. The molecule has 0 spiro atoms. The highest BCUT2D eigenvalue weighted by Gasteiger charge is 2.19. The van der Waals surface area contributed by atoms with E-state index >= 15 is 0 Å². The van der Waals surface area contributed by atoms with Gasteiger partial charge in [-0.3, -0.25) is 4.79 Å². The average Bonchev–Trinajstić information content (AvgIpc) is 3.48. The molecule has 0 saturated carbocycles. The van der Waals surface area contributed by atoms with Crippen molar-refractivity contribution >= 4 is 29.0 Å². The van der Waals surface area contributed by atoms with Crippen LogP contribution >= 0.6 is 23.1 Å². The van der Waals surface area contributed by atoms with Crippen molar-refractivity contribution in [3.05, 3.63) is 63.6 Å². The standard InChI is InChI=1S/C21H24N4O2S2/c1-15-9-10-18(29-15)20(26)22-12-19-23-24-21(28-14-17-8-5-11-27-17)25(19)13-16-6-3-2-4-7-16/h2-4,6-7,9-10,17H,5,8,11-14H2,1H3,(H,22,26). The molecule has 2 aromatic heterocycles. The molecule has 4 rings (SSSR count). The van der Waals surface area contributed by atoms with E-state index in [1.54, 1.807) is 11.8 Å². The first-order valence-corrected chi connectivity index (χ1v) is 11.5. The number of benzene rings is 1. The number of nitrogens with zero attached hydrogens (tertiary/aromatic N) is 3. The molecular weight excluding hydrogens is 404 g/mol. The monoisotopic (exact) mass is 428 g/mol. The largest absolute Gasteiger partial charge is 0.377 e. The summed E-state index contributed by atoms with van der Waals surface area (Å²) in [5.41, 5.74) is 1.17. The molecule has 1 aliphatic rings. The lowest BCUT2D eigenvalue weighted by Gasteiger charge is -2.12. The number of aromatic nitrogens is 3. The van der Waals surface area contributed by atoms with Crippen molar-refractivity contribution in [1.82, 2.24) is 20.1 Å². The Morgan fingerprint density at radius 3 is 2.86 bits per heavy atom. The molecule has 1 aromatic carbocycles. The first-order chi connectivity index (χ1) is 14.2. The van der Waals surface area contributed by atoms with Crippen molar-refractivity contribution in [2.75, 3.05) is 12.4 Å². The van der Waals surface area contributed by atoms with Crippen molar-refractivity contribution in [3.8, 4) is 0 Å². The Hall–Kier alpha value is -2.16. The molecule has 1 fully saturated rings. The van der Waals surface area contributed by atoms with E-state index in [1.165, 1.54) is 16.9 Å². The fourth-order valence-corrected chi connectivity index (χ4v) is 5.03. The Morgan fingerprint density at radius 1 is 1.28 bits per heavy atom. The maximum atomic E-state index is 12.4. The third-order valence-corrected chi connectivity index (χ3v) is 6.87. The van der Waals surface area contributed by atoms with E-state index in [4.69, 9.17) is 4.74 Å². The van der Waals surface area contributed by atoms with E-state index in [0.29, 0.717) is 18.0 Å². The zero-order valence-corrected chi connectivity index (χ0v) is 18.0. The molecule has 1 unspecified atom stereocenters. The van der Waals surface area contributed by atoms with E-state index in [9.17, 15) is 4.79 Å². The van der Waals surface area contributed by atoms with Gasteiger partial charge >= 0.3 is 0 Å². The SMILES string of the molecule is Cc1ccc(C(=O)NCc2nnc(SCC3CCCO3)n2Cc2ccccc2)s1. The van der Waals surface area contributed by atoms with Crippen LogP contribution in [0.2, 0.25) is 0 Å². The maximum Gasteiger partial charge on any atom is 0.261 e. The molecule has 8 heteroatoms. The van der Waals surface area contributed by atoms with Gasteiger partial charge in [-0.05, 0) is 37.5 Å². The second-order valence-corrected chi connectivity index (χ2v) is 9.28. The van der Waals surface area contributed by atoms with Gasteiger partial charge in [-0.2, -0.15) is 0 Å². The molecular formula is C21H24N4O2S2. The lowest BCUT2D eigenvalue weighted by atomic mass is 10.2. The first-order valence-electron chi connectivity index (χ1n) is 9.74. The van der Waals surface area contributed by atoms with Crippen LogP contribution in [-0.2, 0) is 17.8 Å². The molecule has 0 aliphatic carbocycles. The van der Waals surface area contributed by atoms with Gasteiger partial charge in [-0.25, -0.2) is 0 Å². The van der Waals surface area contributed by atoms with Crippen LogP contribution in [0.25, 0.3) is 0 Å². The third-order valence-electron chi connectivity index (χ3n) is 4.77. The minimum absolute atomic E-state index is 0.0779. The van der Waals surface area contributed by atoms with Crippen LogP contribution in [0.3, 0.4) is 0 Å². The van der Waals surface area contributed by atoms with Crippen LogP contribution in [0.5, 0.6) is 0 Å². The van der Waals surface area contributed by atoms with Gasteiger partial charge in [0.15, 0.2) is 11.0 Å². The molecule has 0 bridgehead atoms. The van der Waals surface area contributed by atoms with Gasteiger partial charge in [0.2, 0.25) is 0 Å². The van der Waals surface area contributed by atoms with Gasteiger partial charge in [0, 0.05) is 17.2 Å². The highest BCUT2D eigenvalue weighted by atomic mass is 32.2. The quantitative estimate of drug-likeness (QED) is 0.551. The summed E-state index contributed by atoms with van der Waals surface area (Å²) in [6.07, 6.45) is 2.51. The second-order valence-electron chi connectivity index (χ2n) is 7.01. The summed E-state index contributed by atoms with van der Waals surface area (Å²) in [7, 11) is 0. The zero-order valence-electron chi connectivity index (χ0n) is 16.3. The van der Waals surface area contributed by atoms with E-state index in [1.807, 2.05) is 37.3 Å². The second kappa shape index (κ2) is 9.56. The fourth-order valence-electron chi connectivity index (χ4n) is 3.23. The molecule has 6 nitrogen and oxygen atoms in total. The Kier molecular flexibility index (Phi) is 6.63. The Balaban J connectivity index is 1.48. The highest BCUT2D eigenvalue weighted by molar-refractivity contribution is 7.99. The van der Waals surface area contributed by atoms with Crippen LogP contribution in [-0.4, -0.2) is 39.1 Å². The average molecular weight is 429 g/mol. The summed E-state index contributed by atoms with van der Waals surface area (Å²) >= 11 is 3.16. The van der Waals surface area contributed by atoms with E-state index < -0.39 is 0 Å². The molecule has 152 valence electrons. The Bertz CT molecular complexity index is 949. The molecule has 29 heavy (non-hydrogen) atoms. The summed E-state index contributed by atoms with van der Waals surface area (Å²) in [6, 6.07) is 14.0. The van der Waals surface area contributed by atoms with Crippen molar-refractivity contribution < 1.29 is 9.53 Å². The van der Waals surface area contributed by atoms with Gasteiger partial charge < -0.3 is 14.6 Å². The number of carbonyl (C=O) groups is 1. The van der Waals surface area contributed by atoms with Crippen LogP contribution in [0.15, 0.2) is 47.6 Å². The van der Waals surface area contributed by atoms with Crippen molar-refractivity contribution in [1.29, 1.82) is 0 Å². The van der Waals surface area contributed by atoms with Crippen LogP contribution in [0, 0.1) is 6.92 Å². The minimum atomic E-state index is -0.0779. The first kappa shape index (κ1) is 20.1. The highest BCUT2D eigenvalue weighted by Crippen LogP contribution is 2.24. The van der Waals surface area contributed by atoms with Crippen molar-refractivity contribution in [3.63, 3.8) is 0 Å². The number of amides is 1.